The lowest BCUT2D eigenvalue weighted by atomic mass is 9.77. The molecule has 5 nitrogen and oxygen atoms in total. The number of urea groups is 1. The minimum Gasteiger partial charge on any atom is -0.323 e. The van der Waals surface area contributed by atoms with Crippen LogP contribution in [0.2, 0.25) is 0 Å². The maximum absolute atomic E-state index is 12.1. The van der Waals surface area contributed by atoms with Gasteiger partial charge in [0.1, 0.15) is 5.54 Å². The zero-order chi connectivity index (χ0) is 12.9. The standard InChI is InChI=1S/C13H21N3O2/c1-8(2)5-16-6-9-3-4-10(7-16)13(9)11(17)14-12(18)15-13/h8-10H,3-7H2,1-2H3,(H2,14,15,17,18)/t9-,10-/m1/s1. The molecule has 0 unspecified atom stereocenters. The Labute approximate surface area is 107 Å². The summed E-state index contributed by atoms with van der Waals surface area (Å²) in [4.78, 5) is 26.0. The molecule has 2 saturated heterocycles. The molecule has 3 fully saturated rings. The van der Waals surface area contributed by atoms with Gasteiger partial charge in [-0.15, -0.1) is 0 Å². The maximum Gasteiger partial charge on any atom is 0.322 e. The molecule has 0 aromatic rings. The number of hydrogen-bond donors (Lipinski definition) is 2. The third-order valence-electron chi connectivity index (χ3n) is 4.66. The number of likely N-dealkylation sites (tertiary alicyclic amines) is 1. The Morgan fingerprint density at radius 1 is 1.28 bits per heavy atom. The molecule has 0 radical (unpaired) electrons. The third-order valence-corrected chi connectivity index (χ3v) is 4.66. The van der Waals surface area contributed by atoms with Crippen LogP contribution < -0.4 is 10.6 Å². The molecule has 18 heavy (non-hydrogen) atoms. The van der Waals surface area contributed by atoms with E-state index in [-0.39, 0.29) is 23.8 Å². The van der Waals surface area contributed by atoms with Crippen LogP contribution in [0, 0.1) is 17.8 Å². The molecule has 2 bridgehead atoms. The van der Waals surface area contributed by atoms with Gasteiger partial charge < -0.3 is 10.2 Å². The Morgan fingerprint density at radius 3 is 2.33 bits per heavy atom. The van der Waals surface area contributed by atoms with E-state index in [2.05, 4.69) is 29.4 Å². The normalized spacial score (nSPS) is 39.5. The van der Waals surface area contributed by atoms with E-state index in [9.17, 15) is 9.59 Å². The number of nitrogens with one attached hydrogen (secondary N) is 2. The summed E-state index contributed by atoms with van der Waals surface area (Å²) < 4.78 is 0. The largest absolute Gasteiger partial charge is 0.323 e. The zero-order valence-corrected chi connectivity index (χ0v) is 11.0. The van der Waals surface area contributed by atoms with Gasteiger partial charge in [0.25, 0.3) is 5.91 Å². The van der Waals surface area contributed by atoms with Crippen molar-refractivity contribution in [1.82, 2.24) is 15.5 Å². The summed E-state index contributed by atoms with van der Waals surface area (Å²) in [6.45, 7) is 7.38. The van der Waals surface area contributed by atoms with Gasteiger partial charge in [0.15, 0.2) is 0 Å². The van der Waals surface area contributed by atoms with Crippen LogP contribution in [-0.2, 0) is 4.79 Å². The number of nitrogens with zero attached hydrogens (tertiary/aromatic N) is 1. The molecule has 2 atom stereocenters. The highest BCUT2D eigenvalue weighted by Gasteiger charge is 2.62. The van der Waals surface area contributed by atoms with Gasteiger partial charge in [0, 0.05) is 31.5 Å². The highest BCUT2D eigenvalue weighted by atomic mass is 16.2. The SMILES string of the molecule is CC(C)CN1C[C@H]2CC[C@H](C1)C21NC(=O)NC1=O. The highest BCUT2D eigenvalue weighted by molar-refractivity contribution is 6.07. The smallest absolute Gasteiger partial charge is 0.322 e. The number of imide groups is 1. The summed E-state index contributed by atoms with van der Waals surface area (Å²) in [5, 5.41) is 5.35. The van der Waals surface area contributed by atoms with Crippen LogP contribution in [0.5, 0.6) is 0 Å². The topological polar surface area (TPSA) is 61.4 Å². The molecule has 3 aliphatic rings. The third kappa shape index (κ3) is 1.56. The predicted molar refractivity (Wildman–Crippen MR) is 66.9 cm³/mol. The molecule has 100 valence electrons. The molecular formula is C13H21N3O2. The van der Waals surface area contributed by atoms with Crippen LogP contribution in [0.4, 0.5) is 4.79 Å². The first kappa shape index (κ1) is 12.0. The van der Waals surface area contributed by atoms with E-state index in [1.54, 1.807) is 0 Å². The number of piperidine rings is 1. The molecule has 1 saturated carbocycles. The number of hydrogen-bond acceptors (Lipinski definition) is 3. The number of rotatable bonds is 2. The first-order valence-electron chi connectivity index (χ1n) is 6.88. The zero-order valence-electron chi connectivity index (χ0n) is 11.0. The molecule has 2 N–H and O–H groups in total. The fourth-order valence-corrected chi connectivity index (χ4v) is 4.08. The highest BCUT2D eigenvalue weighted by Crippen LogP contribution is 2.46. The molecule has 2 aliphatic heterocycles. The van der Waals surface area contributed by atoms with Gasteiger partial charge in [-0.2, -0.15) is 0 Å². The monoisotopic (exact) mass is 251 g/mol. The first-order valence-corrected chi connectivity index (χ1v) is 6.88. The lowest BCUT2D eigenvalue weighted by molar-refractivity contribution is -0.129. The molecule has 2 heterocycles. The van der Waals surface area contributed by atoms with E-state index in [1.807, 2.05) is 0 Å². The van der Waals surface area contributed by atoms with Crippen LogP contribution in [-0.4, -0.2) is 42.0 Å². The number of carbonyl (C=O) groups is 2. The van der Waals surface area contributed by atoms with Crippen LogP contribution in [0.3, 0.4) is 0 Å². The lowest BCUT2D eigenvalue weighted by Gasteiger charge is -2.43. The van der Waals surface area contributed by atoms with Crippen molar-refractivity contribution in [3.8, 4) is 0 Å². The van der Waals surface area contributed by atoms with E-state index in [4.69, 9.17) is 0 Å². The summed E-state index contributed by atoms with van der Waals surface area (Å²) >= 11 is 0. The van der Waals surface area contributed by atoms with Gasteiger partial charge in [-0.05, 0) is 18.8 Å². The van der Waals surface area contributed by atoms with E-state index in [0.717, 1.165) is 32.5 Å². The van der Waals surface area contributed by atoms with Crippen LogP contribution in [0.1, 0.15) is 26.7 Å². The fourth-order valence-electron chi connectivity index (χ4n) is 4.08. The molecule has 0 aromatic carbocycles. The minimum atomic E-state index is -0.593. The van der Waals surface area contributed by atoms with Crippen molar-refractivity contribution in [2.45, 2.75) is 32.2 Å². The molecule has 1 aliphatic carbocycles. The molecule has 3 amide bonds. The average molecular weight is 251 g/mol. The maximum atomic E-state index is 12.1. The molecule has 0 aromatic heterocycles. The Hall–Kier alpha value is -1.10. The molecule has 1 spiro atoms. The second kappa shape index (κ2) is 3.95. The quantitative estimate of drug-likeness (QED) is 0.705. The fraction of sp³-hybridized carbons (Fsp3) is 0.846. The molecule has 5 heteroatoms. The summed E-state index contributed by atoms with van der Waals surface area (Å²) in [7, 11) is 0. The summed E-state index contributed by atoms with van der Waals surface area (Å²) in [6.07, 6.45) is 2.10. The van der Waals surface area contributed by atoms with Crippen molar-refractivity contribution in [3.05, 3.63) is 0 Å². The van der Waals surface area contributed by atoms with Crippen molar-refractivity contribution >= 4 is 11.9 Å². The van der Waals surface area contributed by atoms with Crippen molar-refractivity contribution in [2.75, 3.05) is 19.6 Å². The van der Waals surface area contributed by atoms with Crippen molar-refractivity contribution < 1.29 is 9.59 Å². The lowest BCUT2D eigenvalue weighted by Crippen LogP contribution is -2.63. The second-order valence-corrected chi connectivity index (χ2v) is 6.36. The molecular weight excluding hydrogens is 230 g/mol. The average Bonchev–Trinajstić information content (AvgIpc) is 2.65. The van der Waals surface area contributed by atoms with Gasteiger partial charge in [-0.3, -0.25) is 10.1 Å². The first-order chi connectivity index (χ1) is 8.52. The van der Waals surface area contributed by atoms with Crippen LogP contribution in [0.25, 0.3) is 0 Å². The summed E-state index contributed by atoms with van der Waals surface area (Å²) in [6, 6.07) is -0.311. The Kier molecular flexibility index (Phi) is 2.62. The Balaban J connectivity index is 1.81. The van der Waals surface area contributed by atoms with Gasteiger partial charge in [-0.1, -0.05) is 13.8 Å². The van der Waals surface area contributed by atoms with Crippen LogP contribution >= 0.6 is 0 Å². The van der Waals surface area contributed by atoms with E-state index in [1.165, 1.54) is 0 Å². The van der Waals surface area contributed by atoms with Crippen molar-refractivity contribution in [3.63, 3.8) is 0 Å². The minimum absolute atomic E-state index is 0.0933. The summed E-state index contributed by atoms with van der Waals surface area (Å²) in [5.41, 5.74) is -0.593. The van der Waals surface area contributed by atoms with E-state index >= 15 is 0 Å². The van der Waals surface area contributed by atoms with Crippen LogP contribution in [0.15, 0.2) is 0 Å². The number of amides is 3. The summed E-state index contributed by atoms with van der Waals surface area (Å²) in [5.74, 6) is 1.11. The number of carbonyl (C=O) groups excluding carboxylic acids is 2. The Bertz CT molecular complexity index is 380. The van der Waals surface area contributed by atoms with Gasteiger partial charge >= 0.3 is 6.03 Å². The van der Waals surface area contributed by atoms with E-state index in [0.29, 0.717) is 5.92 Å². The predicted octanol–water partition coefficient (Wildman–Crippen LogP) is 0.562. The van der Waals surface area contributed by atoms with Gasteiger partial charge in [-0.25, -0.2) is 4.79 Å². The molecule has 3 rings (SSSR count). The van der Waals surface area contributed by atoms with Gasteiger partial charge in [0.05, 0.1) is 0 Å². The Morgan fingerprint density at radius 2 is 1.89 bits per heavy atom. The van der Waals surface area contributed by atoms with Gasteiger partial charge in [0.2, 0.25) is 0 Å². The van der Waals surface area contributed by atoms with Crippen molar-refractivity contribution in [1.29, 1.82) is 0 Å². The second-order valence-electron chi connectivity index (χ2n) is 6.36. The van der Waals surface area contributed by atoms with Crippen molar-refractivity contribution in [2.24, 2.45) is 17.8 Å². The van der Waals surface area contributed by atoms with E-state index < -0.39 is 5.54 Å².